The standard InChI is InChI=1S/C16H24N2O2S2/c1-10(2)17-16(21)18-14-13(15(19)20-3)11-8-6-4-5-7-9-12(11)22-14/h10H,4-9H2,1-3H3,(H2,17,18,21). The van der Waals surface area contributed by atoms with E-state index in [2.05, 4.69) is 10.6 Å². The third kappa shape index (κ3) is 4.20. The van der Waals surface area contributed by atoms with Gasteiger partial charge in [-0.15, -0.1) is 11.3 Å². The molecule has 0 atom stereocenters. The van der Waals surface area contributed by atoms with Gasteiger partial charge in [0.2, 0.25) is 0 Å². The van der Waals surface area contributed by atoms with Gasteiger partial charge in [0.15, 0.2) is 5.11 Å². The maximum atomic E-state index is 12.2. The molecule has 4 nitrogen and oxygen atoms in total. The number of methoxy groups -OCH3 is 1. The number of thiocarbonyl (C=S) groups is 1. The van der Waals surface area contributed by atoms with Gasteiger partial charge in [-0.1, -0.05) is 12.8 Å². The van der Waals surface area contributed by atoms with Crippen molar-refractivity contribution in [2.45, 2.75) is 58.4 Å². The largest absolute Gasteiger partial charge is 0.465 e. The minimum absolute atomic E-state index is 0.252. The highest BCUT2D eigenvalue weighted by Crippen LogP contribution is 2.37. The third-order valence-corrected chi connectivity index (χ3v) is 5.13. The minimum atomic E-state index is -0.270. The van der Waals surface area contributed by atoms with Gasteiger partial charge in [-0.25, -0.2) is 4.79 Å². The van der Waals surface area contributed by atoms with Crippen LogP contribution in [0, 0.1) is 0 Å². The first-order valence-corrected chi connectivity index (χ1v) is 9.05. The normalized spacial score (nSPS) is 14.7. The summed E-state index contributed by atoms with van der Waals surface area (Å²) < 4.78 is 5.00. The Labute approximate surface area is 141 Å². The van der Waals surface area contributed by atoms with Crippen LogP contribution >= 0.6 is 23.6 Å². The number of carbonyl (C=O) groups excluding carboxylic acids is 1. The molecule has 0 amide bonds. The second-order valence-corrected chi connectivity index (χ2v) is 7.38. The van der Waals surface area contributed by atoms with Crippen LogP contribution in [0.15, 0.2) is 0 Å². The number of aryl methyl sites for hydroxylation is 1. The van der Waals surface area contributed by atoms with Gasteiger partial charge < -0.3 is 15.4 Å². The lowest BCUT2D eigenvalue weighted by molar-refractivity contribution is 0.0601. The van der Waals surface area contributed by atoms with Crippen LogP contribution in [0.4, 0.5) is 5.00 Å². The summed E-state index contributed by atoms with van der Waals surface area (Å²) in [6.07, 6.45) is 6.79. The lowest BCUT2D eigenvalue weighted by atomic mass is 9.96. The van der Waals surface area contributed by atoms with E-state index >= 15 is 0 Å². The molecule has 1 heterocycles. The van der Waals surface area contributed by atoms with E-state index < -0.39 is 0 Å². The molecule has 1 aliphatic rings. The van der Waals surface area contributed by atoms with Crippen molar-refractivity contribution >= 4 is 39.6 Å². The number of thiophene rings is 1. The monoisotopic (exact) mass is 340 g/mol. The van der Waals surface area contributed by atoms with E-state index in [1.165, 1.54) is 31.2 Å². The summed E-state index contributed by atoms with van der Waals surface area (Å²) in [5, 5.41) is 7.72. The molecular formula is C16H24N2O2S2. The molecule has 2 N–H and O–H groups in total. The highest BCUT2D eigenvalue weighted by Gasteiger charge is 2.25. The molecule has 0 aliphatic heterocycles. The van der Waals surface area contributed by atoms with Crippen molar-refractivity contribution in [3.05, 3.63) is 16.0 Å². The molecule has 1 aromatic heterocycles. The minimum Gasteiger partial charge on any atom is -0.465 e. The fraction of sp³-hybridized carbons (Fsp3) is 0.625. The number of rotatable bonds is 3. The number of carbonyl (C=O) groups is 1. The molecule has 0 saturated carbocycles. The van der Waals surface area contributed by atoms with Crippen LogP contribution < -0.4 is 10.6 Å². The lowest BCUT2D eigenvalue weighted by Gasteiger charge is -2.13. The van der Waals surface area contributed by atoms with Gasteiger partial charge in [0, 0.05) is 10.9 Å². The van der Waals surface area contributed by atoms with E-state index in [0.29, 0.717) is 10.7 Å². The number of nitrogens with one attached hydrogen (secondary N) is 2. The van der Waals surface area contributed by atoms with Gasteiger partial charge in [-0.3, -0.25) is 0 Å². The summed E-state index contributed by atoms with van der Waals surface area (Å²) in [6, 6.07) is 0.252. The Morgan fingerprint density at radius 2 is 1.91 bits per heavy atom. The summed E-state index contributed by atoms with van der Waals surface area (Å²) in [5.74, 6) is -0.270. The number of esters is 1. The predicted molar refractivity (Wildman–Crippen MR) is 96.0 cm³/mol. The van der Waals surface area contributed by atoms with Crippen LogP contribution in [-0.2, 0) is 17.6 Å². The summed E-state index contributed by atoms with van der Waals surface area (Å²) in [5.41, 5.74) is 1.84. The maximum Gasteiger partial charge on any atom is 0.341 e. The van der Waals surface area contributed by atoms with E-state index in [0.717, 1.165) is 29.8 Å². The summed E-state index contributed by atoms with van der Waals surface area (Å²) in [4.78, 5) is 13.6. The van der Waals surface area contributed by atoms with E-state index in [1.54, 1.807) is 11.3 Å². The fourth-order valence-corrected chi connectivity index (χ4v) is 4.41. The quantitative estimate of drug-likeness (QED) is 0.646. The fourth-order valence-electron chi connectivity index (χ4n) is 2.73. The molecule has 2 rings (SSSR count). The third-order valence-electron chi connectivity index (χ3n) is 3.71. The second kappa shape index (κ2) is 7.92. The van der Waals surface area contributed by atoms with Crippen molar-refractivity contribution in [3.8, 4) is 0 Å². The number of hydrogen-bond donors (Lipinski definition) is 2. The molecule has 122 valence electrons. The average molecular weight is 341 g/mol. The number of anilines is 1. The Morgan fingerprint density at radius 1 is 1.23 bits per heavy atom. The molecule has 0 saturated heterocycles. The van der Waals surface area contributed by atoms with Crippen LogP contribution in [0.3, 0.4) is 0 Å². The van der Waals surface area contributed by atoms with E-state index in [9.17, 15) is 4.79 Å². The molecule has 0 bridgehead atoms. The van der Waals surface area contributed by atoms with E-state index in [1.807, 2.05) is 13.8 Å². The zero-order valence-corrected chi connectivity index (χ0v) is 15.1. The molecular weight excluding hydrogens is 316 g/mol. The van der Waals surface area contributed by atoms with Crippen molar-refractivity contribution in [3.63, 3.8) is 0 Å². The van der Waals surface area contributed by atoms with Gasteiger partial charge >= 0.3 is 5.97 Å². The van der Waals surface area contributed by atoms with Crippen molar-refractivity contribution in [2.24, 2.45) is 0 Å². The number of fused-ring (bicyclic) bond motifs is 1. The Hall–Kier alpha value is -1.14. The second-order valence-electron chi connectivity index (χ2n) is 5.87. The van der Waals surface area contributed by atoms with E-state index in [4.69, 9.17) is 17.0 Å². The van der Waals surface area contributed by atoms with Crippen LogP contribution in [0.2, 0.25) is 0 Å². The molecule has 0 aromatic carbocycles. The zero-order chi connectivity index (χ0) is 16.1. The first kappa shape index (κ1) is 17.2. The number of ether oxygens (including phenoxy) is 1. The van der Waals surface area contributed by atoms with Gasteiger partial charge in [-0.2, -0.15) is 0 Å². The van der Waals surface area contributed by atoms with Gasteiger partial charge in [0.25, 0.3) is 0 Å². The van der Waals surface area contributed by atoms with Crippen molar-refractivity contribution < 1.29 is 9.53 Å². The smallest absolute Gasteiger partial charge is 0.341 e. The van der Waals surface area contributed by atoms with Gasteiger partial charge in [0.05, 0.1) is 12.7 Å². The van der Waals surface area contributed by atoms with Crippen molar-refractivity contribution in [1.29, 1.82) is 0 Å². The lowest BCUT2D eigenvalue weighted by Crippen LogP contribution is -2.34. The molecule has 0 unspecified atom stereocenters. The van der Waals surface area contributed by atoms with Crippen molar-refractivity contribution in [1.82, 2.24) is 5.32 Å². The molecule has 22 heavy (non-hydrogen) atoms. The molecule has 0 fully saturated rings. The average Bonchev–Trinajstić information content (AvgIpc) is 2.74. The van der Waals surface area contributed by atoms with Crippen LogP contribution in [-0.4, -0.2) is 24.2 Å². The van der Waals surface area contributed by atoms with Crippen molar-refractivity contribution in [2.75, 3.05) is 12.4 Å². The number of hydrogen-bond acceptors (Lipinski definition) is 4. The highest BCUT2D eigenvalue weighted by molar-refractivity contribution is 7.80. The molecule has 0 spiro atoms. The molecule has 1 aromatic rings. The first-order chi connectivity index (χ1) is 10.5. The van der Waals surface area contributed by atoms with Crippen LogP contribution in [0.25, 0.3) is 0 Å². The summed E-state index contributed by atoms with van der Waals surface area (Å²) >= 11 is 6.97. The van der Waals surface area contributed by atoms with Gasteiger partial charge in [0.1, 0.15) is 5.00 Å². The predicted octanol–water partition coefficient (Wildman–Crippen LogP) is 3.89. The highest BCUT2D eigenvalue weighted by atomic mass is 32.1. The van der Waals surface area contributed by atoms with E-state index in [-0.39, 0.29) is 12.0 Å². The molecule has 0 radical (unpaired) electrons. The summed E-state index contributed by atoms with van der Waals surface area (Å²) in [7, 11) is 1.43. The van der Waals surface area contributed by atoms with Crippen LogP contribution in [0.5, 0.6) is 0 Å². The molecule has 6 heteroatoms. The topological polar surface area (TPSA) is 50.4 Å². The summed E-state index contributed by atoms with van der Waals surface area (Å²) in [6.45, 7) is 4.06. The van der Waals surface area contributed by atoms with Crippen LogP contribution in [0.1, 0.15) is 60.3 Å². The molecule has 1 aliphatic carbocycles. The Morgan fingerprint density at radius 3 is 2.55 bits per heavy atom. The Bertz CT molecular complexity index is 553. The zero-order valence-electron chi connectivity index (χ0n) is 13.5. The maximum absolute atomic E-state index is 12.2. The Balaban J connectivity index is 2.33. The first-order valence-electron chi connectivity index (χ1n) is 7.83. The Kier molecular flexibility index (Phi) is 6.20. The SMILES string of the molecule is COC(=O)c1c(NC(=S)NC(C)C)sc2c1CCCCCC2. The van der Waals surface area contributed by atoms with Gasteiger partial charge in [-0.05, 0) is 57.3 Å².